The average Bonchev–Trinajstić information content (AvgIpc) is 2.82. The van der Waals surface area contributed by atoms with Crippen LogP contribution in [0.25, 0.3) is 0 Å². The summed E-state index contributed by atoms with van der Waals surface area (Å²) in [5.74, 6) is 0. The molecule has 0 bridgehead atoms. The fourth-order valence-electron chi connectivity index (χ4n) is 2.01. The number of pyridine rings is 1. The average molecular weight is 221 g/mol. The molecule has 2 rings (SSSR count). The summed E-state index contributed by atoms with van der Waals surface area (Å²) in [6.07, 6.45) is 4.53. The SMILES string of the molecule is CN(CC1CCCO1)c1ccnc(CN)c1. The van der Waals surface area contributed by atoms with Crippen LogP contribution >= 0.6 is 0 Å². The van der Waals surface area contributed by atoms with Crippen LogP contribution in [0.3, 0.4) is 0 Å². The number of nitrogens with two attached hydrogens (primary N) is 1. The minimum atomic E-state index is 0.375. The molecular weight excluding hydrogens is 202 g/mol. The molecule has 1 aromatic heterocycles. The molecule has 16 heavy (non-hydrogen) atoms. The maximum Gasteiger partial charge on any atom is 0.0750 e. The highest BCUT2D eigenvalue weighted by Gasteiger charge is 2.17. The summed E-state index contributed by atoms with van der Waals surface area (Å²) in [4.78, 5) is 6.39. The number of rotatable bonds is 4. The Hall–Kier alpha value is -1.13. The Bertz CT molecular complexity index is 337. The molecule has 2 N–H and O–H groups in total. The largest absolute Gasteiger partial charge is 0.376 e. The van der Waals surface area contributed by atoms with Crippen molar-refractivity contribution in [3.05, 3.63) is 24.0 Å². The third-order valence-electron chi connectivity index (χ3n) is 2.95. The first-order chi connectivity index (χ1) is 7.79. The van der Waals surface area contributed by atoms with Crippen molar-refractivity contribution in [1.82, 2.24) is 4.98 Å². The van der Waals surface area contributed by atoms with Gasteiger partial charge in [0.25, 0.3) is 0 Å². The van der Waals surface area contributed by atoms with Crippen molar-refractivity contribution in [1.29, 1.82) is 0 Å². The van der Waals surface area contributed by atoms with E-state index in [4.69, 9.17) is 10.5 Å². The van der Waals surface area contributed by atoms with Gasteiger partial charge in [0, 0.05) is 38.6 Å². The van der Waals surface area contributed by atoms with Gasteiger partial charge in [-0.2, -0.15) is 0 Å². The summed E-state index contributed by atoms with van der Waals surface area (Å²) in [5.41, 5.74) is 7.66. The summed E-state index contributed by atoms with van der Waals surface area (Å²) in [5, 5.41) is 0. The van der Waals surface area contributed by atoms with Crippen LogP contribution in [-0.2, 0) is 11.3 Å². The van der Waals surface area contributed by atoms with Gasteiger partial charge in [0.15, 0.2) is 0 Å². The molecule has 1 aliphatic rings. The predicted octanol–water partition coefficient (Wildman–Crippen LogP) is 1.16. The third-order valence-corrected chi connectivity index (χ3v) is 2.95. The number of nitrogens with zero attached hydrogens (tertiary/aromatic N) is 2. The molecule has 0 radical (unpaired) electrons. The molecule has 1 fully saturated rings. The van der Waals surface area contributed by atoms with Crippen LogP contribution in [0.1, 0.15) is 18.5 Å². The fraction of sp³-hybridized carbons (Fsp3) is 0.583. The van der Waals surface area contributed by atoms with Gasteiger partial charge in [-0.15, -0.1) is 0 Å². The van der Waals surface area contributed by atoms with Crippen LogP contribution in [-0.4, -0.2) is 31.3 Å². The predicted molar refractivity (Wildman–Crippen MR) is 64.4 cm³/mol. The summed E-state index contributed by atoms with van der Waals surface area (Å²) in [7, 11) is 2.08. The second kappa shape index (κ2) is 5.27. The van der Waals surface area contributed by atoms with Crippen LogP contribution < -0.4 is 10.6 Å². The zero-order valence-electron chi connectivity index (χ0n) is 9.72. The lowest BCUT2D eigenvalue weighted by molar-refractivity contribution is 0.116. The molecule has 1 saturated heterocycles. The van der Waals surface area contributed by atoms with Gasteiger partial charge in [0.2, 0.25) is 0 Å². The lowest BCUT2D eigenvalue weighted by Gasteiger charge is -2.22. The van der Waals surface area contributed by atoms with Crippen molar-refractivity contribution in [3.63, 3.8) is 0 Å². The Kier molecular flexibility index (Phi) is 3.74. The second-order valence-corrected chi connectivity index (χ2v) is 4.23. The topological polar surface area (TPSA) is 51.4 Å². The van der Waals surface area contributed by atoms with E-state index in [0.717, 1.165) is 24.5 Å². The molecule has 0 amide bonds. The molecule has 2 heterocycles. The van der Waals surface area contributed by atoms with Gasteiger partial charge in [-0.1, -0.05) is 0 Å². The molecule has 1 atom stereocenters. The van der Waals surface area contributed by atoms with E-state index in [1.54, 1.807) is 0 Å². The minimum absolute atomic E-state index is 0.375. The third kappa shape index (κ3) is 2.71. The van der Waals surface area contributed by atoms with Gasteiger partial charge < -0.3 is 15.4 Å². The lowest BCUT2D eigenvalue weighted by Crippen LogP contribution is -2.28. The van der Waals surface area contributed by atoms with Crippen LogP contribution in [0.15, 0.2) is 18.3 Å². The van der Waals surface area contributed by atoms with Crippen LogP contribution in [0.4, 0.5) is 5.69 Å². The lowest BCUT2D eigenvalue weighted by atomic mass is 10.2. The highest BCUT2D eigenvalue weighted by atomic mass is 16.5. The Morgan fingerprint density at radius 2 is 2.50 bits per heavy atom. The molecule has 1 aromatic rings. The van der Waals surface area contributed by atoms with Gasteiger partial charge in [-0.3, -0.25) is 4.98 Å². The zero-order valence-corrected chi connectivity index (χ0v) is 9.72. The molecule has 1 aliphatic heterocycles. The highest BCUT2D eigenvalue weighted by Crippen LogP contribution is 2.17. The number of hydrogen-bond acceptors (Lipinski definition) is 4. The summed E-state index contributed by atoms with van der Waals surface area (Å²) < 4.78 is 5.62. The number of ether oxygens (including phenoxy) is 1. The quantitative estimate of drug-likeness (QED) is 0.829. The van der Waals surface area contributed by atoms with Crippen molar-refractivity contribution >= 4 is 5.69 Å². The second-order valence-electron chi connectivity index (χ2n) is 4.23. The maximum absolute atomic E-state index is 5.62. The van der Waals surface area contributed by atoms with Gasteiger partial charge in [-0.25, -0.2) is 0 Å². The first kappa shape index (κ1) is 11.4. The minimum Gasteiger partial charge on any atom is -0.376 e. The normalized spacial score (nSPS) is 20.0. The van der Waals surface area contributed by atoms with Crippen molar-refractivity contribution in [2.75, 3.05) is 25.1 Å². The molecule has 0 aliphatic carbocycles. The molecule has 0 spiro atoms. The van der Waals surface area contributed by atoms with E-state index in [9.17, 15) is 0 Å². The first-order valence-corrected chi connectivity index (χ1v) is 5.77. The van der Waals surface area contributed by atoms with E-state index >= 15 is 0 Å². The van der Waals surface area contributed by atoms with Gasteiger partial charge in [0.1, 0.15) is 0 Å². The maximum atomic E-state index is 5.62. The summed E-state index contributed by atoms with van der Waals surface area (Å²) in [6, 6.07) is 4.04. The number of hydrogen-bond donors (Lipinski definition) is 1. The Balaban J connectivity index is 1.98. The van der Waals surface area contributed by atoms with E-state index in [0.29, 0.717) is 12.6 Å². The number of anilines is 1. The van der Waals surface area contributed by atoms with E-state index < -0.39 is 0 Å². The summed E-state index contributed by atoms with van der Waals surface area (Å²) >= 11 is 0. The van der Waals surface area contributed by atoms with Gasteiger partial charge in [-0.05, 0) is 25.0 Å². The first-order valence-electron chi connectivity index (χ1n) is 5.77. The molecular formula is C12H19N3O. The Morgan fingerprint density at radius 3 is 3.19 bits per heavy atom. The van der Waals surface area contributed by atoms with Crippen LogP contribution in [0, 0.1) is 0 Å². The van der Waals surface area contributed by atoms with E-state index in [2.05, 4.69) is 16.9 Å². The van der Waals surface area contributed by atoms with Crippen LogP contribution in [0.2, 0.25) is 0 Å². The molecule has 0 saturated carbocycles. The highest BCUT2D eigenvalue weighted by molar-refractivity contribution is 5.45. The van der Waals surface area contributed by atoms with Crippen LogP contribution in [0.5, 0.6) is 0 Å². The number of aromatic nitrogens is 1. The van der Waals surface area contributed by atoms with E-state index in [1.165, 1.54) is 12.8 Å². The molecule has 4 nitrogen and oxygen atoms in total. The van der Waals surface area contributed by atoms with Crippen molar-refractivity contribution in [3.8, 4) is 0 Å². The van der Waals surface area contributed by atoms with E-state index in [-0.39, 0.29) is 0 Å². The van der Waals surface area contributed by atoms with Crippen molar-refractivity contribution in [2.45, 2.75) is 25.5 Å². The number of likely N-dealkylation sites (N-methyl/N-ethyl adjacent to an activating group) is 1. The van der Waals surface area contributed by atoms with E-state index in [1.807, 2.05) is 18.3 Å². The monoisotopic (exact) mass is 221 g/mol. The standard InChI is InChI=1S/C12H19N3O/c1-15(9-12-3-2-6-16-12)11-4-5-14-10(7-11)8-13/h4-5,7,12H,2-3,6,8-9,13H2,1H3. The fourth-order valence-corrected chi connectivity index (χ4v) is 2.01. The van der Waals surface area contributed by atoms with Crippen molar-refractivity contribution < 1.29 is 4.74 Å². The van der Waals surface area contributed by atoms with Gasteiger partial charge >= 0.3 is 0 Å². The Morgan fingerprint density at radius 1 is 1.62 bits per heavy atom. The zero-order chi connectivity index (χ0) is 11.4. The molecule has 88 valence electrons. The van der Waals surface area contributed by atoms with Gasteiger partial charge in [0.05, 0.1) is 11.8 Å². The summed E-state index contributed by atoms with van der Waals surface area (Å²) in [6.45, 7) is 2.33. The Labute approximate surface area is 96.4 Å². The van der Waals surface area contributed by atoms with Crippen molar-refractivity contribution in [2.24, 2.45) is 5.73 Å². The smallest absolute Gasteiger partial charge is 0.0750 e. The molecule has 1 unspecified atom stereocenters. The molecule has 4 heteroatoms. The molecule has 0 aromatic carbocycles.